The number of anilines is 1. The number of piperidine rings is 1. The van der Waals surface area contributed by atoms with Gasteiger partial charge in [0.2, 0.25) is 0 Å². The van der Waals surface area contributed by atoms with E-state index in [1.165, 1.54) is 12.1 Å². The van der Waals surface area contributed by atoms with Crippen molar-refractivity contribution < 1.29 is 22.6 Å². The molecular weight excluding hydrogens is 425 g/mol. The molecule has 3 aromatic rings. The molecule has 2 fully saturated rings. The number of rotatable bonds is 5. The Hall–Kier alpha value is -2.95. The van der Waals surface area contributed by atoms with Gasteiger partial charge in [-0.25, -0.2) is 19.6 Å². The summed E-state index contributed by atoms with van der Waals surface area (Å²) in [5.41, 5.74) is 0.444. The maximum Gasteiger partial charge on any atom is 0.437 e. The highest BCUT2D eigenvalue weighted by molar-refractivity contribution is 5.71. The topological polar surface area (TPSA) is 78.2 Å². The molecule has 0 aliphatic carbocycles. The van der Waals surface area contributed by atoms with Crippen molar-refractivity contribution in [2.75, 3.05) is 37.8 Å². The van der Waals surface area contributed by atoms with E-state index in [2.05, 4.69) is 26.9 Å². The minimum Gasteiger partial charge on any atom is -0.491 e. The van der Waals surface area contributed by atoms with E-state index in [0.29, 0.717) is 31.3 Å². The lowest BCUT2D eigenvalue weighted by Crippen LogP contribution is -2.42. The molecule has 3 aromatic heterocycles. The zero-order chi connectivity index (χ0) is 22.3. The molecule has 0 N–H and O–H groups in total. The lowest BCUT2D eigenvalue weighted by Gasteiger charge is -2.37. The second kappa shape index (κ2) is 8.19. The summed E-state index contributed by atoms with van der Waals surface area (Å²) in [5.74, 6) is 0.865. The van der Waals surface area contributed by atoms with Crippen molar-refractivity contribution in [2.24, 2.45) is 11.8 Å². The van der Waals surface area contributed by atoms with Crippen LogP contribution in [0.2, 0.25) is 0 Å². The third-order valence-corrected chi connectivity index (χ3v) is 5.84. The van der Waals surface area contributed by atoms with Gasteiger partial charge in [-0.3, -0.25) is 0 Å². The summed E-state index contributed by atoms with van der Waals surface area (Å²) in [7, 11) is 0. The fourth-order valence-corrected chi connectivity index (χ4v) is 4.31. The number of hydrogen-bond acceptors (Lipinski definition) is 7. The fourth-order valence-electron chi connectivity index (χ4n) is 4.31. The van der Waals surface area contributed by atoms with Crippen LogP contribution in [0.15, 0.2) is 30.7 Å². The standard InChI is InChI=1S/C21H23F3N6O2/c1-13-5-14(10-32-17-3-2-4-25-19(17)21(22,23)24)9-29(8-13)18-7-26-16-6-27-30(20(16)28-18)15-11-31-12-15/h2-4,6-7,13-15H,5,8-12H2,1H3/t13-,14-/m0/s1. The van der Waals surface area contributed by atoms with Gasteiger partial charge in [-0.05, 0) is 24.5 Å². The second-order valence-corrected chi connectivity index (χ2v) is 8.49. The fraction of sp³-hybridized carbons (Fsp3) is 0.524. The first-order valence-corrected chi connectivity index (χ1v) is 10.6. The van der Waals surface area contributed by atoms with E-state index in [-0.39, 0.29) is 24.3 Å². The SMILES string of the molecule is C[C@H]1C[C@H](COc2cccnc2C(F)(F)F)CN(c2cnc3cnn(C4COC4)c3n2)C1. The average molecular weight is 448 g/mol. The van der Waals surface area contributed by atoms with Crippen molar-refractivity contribution in [3.63, 3.8) is 0 Å². The van der Waals surface area contributed by atoms with Gasteiger partial charge in [-0.1, -0.05) is 6.92 Å². The first kappa shape index (κ1) is 20.9. The first-order chi connectivity index (χ1) is 15.4. The van der Waals surface area contributed by atoms with Crippen molar-refractivity contribution in [1.29, 1.82) is 0 Å². The molecule has 2 atom stereocenters. The van der Waals surface area contributed by atoms with Gasteiger partial charge in [0.15, 0.2) is 11.3 Å². The molecule has 0 aromatic carbocycles. The molecular formula is C21H23F3N6O2. The number of ether oxygens (including phenoxy) is 2. The third-order valence-electron chi connectivity index (χ3n) is 5.84. The Morgan fingerprint density at radius 3 is 2.78 bits per heavy atom. The summed E-state index contributed by atoms with van der Waals surface area (Å²) >= 11 is 0. The number of fused-ring (bicyclic) bond motifs is 1. The van der Waals surface area contributed by atoms with Crippen molar-refractivity contribution >= 4 is 17.0 Å². The van der Waals surface area contributed by atoms with Crippen LogP contribution in [0.5, 0.6) is 5.75 Å². The van der Waals surface area contributed by atoms with Crippen LogP contribution in [0, 0.1) is 11.8 Å². The van der Waals surface area contributed by atoms with E-state index in [4.69, 9.17) is 14.5 Å². The maximum atomic E-state index is 13.2. The second-order valence-electron chi connectivity index (χ2n) is 8.49. The summed E-state index contributed by atoms with van der Waals surface area (Å²) in [5, 5.41) is 4.40. The maximum absolute atomic E-state index is 13.2. The predicted molar refractivity (Wildman–Crippen MR) is 109 cm³/mol. The molecule has 11 heteroatoms. The molecule has 8 nitrogen and oxygen atoms in total. The Bertz CT molecular complexity index is 1100. The Morgan fingerprint density at radius 2 is 2.03 bits per heavy atom. The summed E-state index contributed by atoms with van der Waals surface area (Å²) in [6, 6.07) is 2.92. The van der Waals surface area contributed by atoms with Crippen LogP contribution in [0.1, 0.15) is 25.1 Å². The molecule has 0 bridgehead atoms. The number of hydrogen-bond donors (Lipinski definition) is 0. The van der Waals surface area contributed by atoms with Crippen molar-refractivity contribution in [3.8, 4) is 5.75 Å². The highest BCUT2D eigenvalue weighted by atomic mass is 19.4. The zero-order valence-electron chi connectivity index (χ0n) is 17.5. The Labute approximate surface area is 182 Å². The van der Waals surface area contributed by atoms with Gasteiger partial charge in [0.05, 0.1) is 32.2 Å². The van der Waals surface area contributed by atoms with Crippen LogP contribution in [0.4, 0.5) is 19.0 Å². The third kappa shape index (κ3) is 4.08. The van der Waals surface area contributed by atoms with Gasteiger partial charge < -0.3 is 14.4 Å². The normalized spacial score (nSPS) is 22.2. The highest BCUT2D eigenvalue weighted by Gasteiger charge is 2.36. The molecule has 0 radical (unpaired) electrons. The van der Waals surface area contributed by atoms with Crippen LogP contribution in [-0.4, -0.2) is 57.6 Å². The van der Waals surface area contributed by atoms with Crippen LogP contribution in [0.3, 0.4) is 0 Å². The Kier molecular flexibility index (Phi) is 5.36. The van der Waals surface area contributed by atoms with Crippen molar-refractivity contribution in [1.82, 2.24) is 24.7 Å². The summed E-state index contributed by atoms with van der Waals surface area (Å²) in [6.07, 6.45) is 0.846. The number of alkyl halides is 3. The molecule has 5 heterocycles. The molecule has 2 aliphatic heterocycles. The molecule has 0 unspecified atom stereocenters. The van der Waals surface area contributed by atoms with E-state index < -0.39 is 11.9 Å². The van der Waals surface area contributed by atoms with Crippen LogP contribution >= 0.6 is 0 Å². The van der Waals surface area contributed by atoms with Gasteiger partial charge >= 0.3 is 6.18 Å². The largest absolute Gasteiger partial charge is 0.491 e. The number of pyridine rings is 1. The molecule has 170 valence electrons. The summed E-state index contributed by atoms with van der Waals surface area (Å²) in [6.45, 7) is 4.91. The van der Waals surface area contributed by atoms with Gasteiger partial charge in [-0.2, -0.15) is 18.3 Å². The molecule has 0 spiro atoms. The highest BCUT2D eigenvalue weighted by Crippen LogP contribution is 2.35. The zero-order valence-corrected chi connectivity index (χ0v) is 17.5. The predicted octanol–water partition coefficient (Wildman–Crippen LogP) is 3.35. The number of nitrogens with zero attached hydrogens (tertiary/aromatic N) is 6. The smallest absolute Gasteiger partial charge is 0.437 e. The monoisotopic (exact) mass is 448 g/mol. The molecule has 32 heavy (non-hydrogen) atoms. The van der Waals surface area contributed by atoms with E-state index >= 15 is 0 Å². The van der Waals surface area contributed by atoms with Crippen molar-refractivity contribution in [2.45, 2.75) is 25.6 Å². The summed E-state index contributed by atoms with van der Waals surface area (Å²) < 4.78 is 52.3. The van der Waals surface area contributed by atoms with E-state index in [9.17, 15) is 13.2 Å². The van der Waals surface area contributed by atoms with E-state index in [1.807, 2.05) is 4.68 Å². The average Bonchev–Trinajstić information content (AvgIpc) is 3.13. The van der Waals surface area contributed by atoms with Crippen LogP contribution < -0.4 is 9.64 Å². The molecule has 2 saturated heterocycles. The van der Waals surface area contributed by atoms with Crippen LogP contribution in [-0.2, 0) is 10.9 Å². The van der Waals surface area contributed by atoms with Gasteiger partial charge in [0.1, 0.15) is 23.1 Å². The van der Waals surface area contributed by atoms with Gasteiger partial charge in [0.25, 0.3) is 0 Å². The van der Waals surface area contributed by atoms with E-state index in [1.54, 1.807) is 12.4 Å². The minimum atomic E-state index is -4.55. The van der Waals surface area contributed by atoms with Gasteiger partial charge in [0, 0.05) is 25.2 Å². The molecule has 5 rings (SSSR count). The Morgan fingerprint density at radius 1 is 1.19 bits per heavy atom. The minimum absolute atomic E-state index is 0.0440. The lowest BCUT2D eigenvalue weighted by atomic mass is 9.91. The van der Waals surface area contributed by atoms with E-state index in [0.717, 1.165) is 30.5 Å². The summed E-state index contributed by atoms with van der Waals surface area (Å²) in [4.78, 5) is 14.9. The van der Waals surface area contributed by atoms with Gasteiger partial charge in [-0.15, -0.1) is 0 Å². The molecule has 0 saturated carbocycles. The first-order valence-electron chi connectivity index (χ1n) is 10.6. The molecule has 2 aliphatic rings. The van der Waals surface area contributed by atoms with Crippen LogP contribution in [0.25, 0.3) is 11.2 Å². The number of aromatic nitrogens is 5. The lowest BCUT2D eigenvalue weighted by molar-refractivity contribution is -0.142. The number of halogens is 3. The molecule has 0 amide bonds. The quantitative estimate of drug-likeness (QED) is 0.592. The van der Waals surface area contributed by atoms with Crippen molar-refractivity contribution in [3.05, 3.63) is 36.4 Å². The Balaban J connectivity index is 1.32.